The maximum atomic E-state index is 13.6. The highest BCUT2D eigenvalue weighted by molar-refractivity contribution is 9.10. The van der Waals surface area contributed by atoms with Gasteiger partial charge in [0, 0.05) is 10.0 Å². The summed E-state index contributed by atoms with van der Waals surface area (Å²) in [5.41, 5.74) is 2.61. The predicted octanol–water partition coefficient (Wildman–Crippen LogP) is 4.15. The molecule has 0 spiro atoms. The van der Waals surface area contributed by atoms with Crippen molar-refractivity contribution in [2.24, 2.45) is 0 Å². The van der Waals surface area contributed by atoms with Crippen LogP contribution < -0.4 is 4.74 Å². The summed E-state index contributed by atoms with van der Waals surface area (Å²) in [6, 6.07) is 10.4. The van der Waals surface area contributed by atoms with Crippen molar-refractivity contribution in [3.05, 3.63) is 63.4 Å². The number of benzene rings is 2. The number of aliphatic hydroxyl groups excluding tert-OH is 1. The molecular formula is C16H14BrFO2. The van der Waals surface area contributed by atoms with Gasteiger partial charge in [-0.05, 0) is 54.3 Å². The Labute approximate surface area is 125 Å². The van der Waals surface area contributed by atoms with Crippen LogP contribution in [-0.2, 0) is 13.0 Å². The van der Waals surface area contributed by atoms with Gasteiger partial charge in [-0.3, -0.25) is 0 Å². The molecule has 0 saturated carbocycles. The average molecular weight is 337 g/mol. The summed E-state index contributed by atoms with van der Waals surface area (Å²) in [5.74, 6) is 0.432. The van der Waals surface area contributed by atoms with Crippen molar-refractivity contribution in [3.8, 4) is 5.75 Å². The Morgan fingerprint density at radius 3 is 2.95 bits per heavy atom. The lowest BCUT2D eigenvalue weighted by molar-refractivity contribution is 0.180. The maximum Gasteiger partial charge on any atom is 0.129 e. The topological polar surface area (TPSA) is 29.5 Å². The third kappa shape index (κ3) is 2.72. The van der Waals surface area contributed by atoms with E-state index in [1.54, 1.807) is 12.1 Å². The second-order valence-corrected chi connectivity index (χ2v) is 5.86. The van der Waals surface area contributed by atoms with E-state index in [0.717, 1.165) is 28.4 Å². The number of ether oxygens (including phenoxy) is 1. The monoisotopic (exact) mass is 336 g/mol. The molecule has 1 aliphatic rings. The van der Waals surface area contributed by atoms with E-state index in [4.69, 9.17) is 4.74 Å². The summed E-state index contributed by atoms with van der Waals surface area (Å²) in [4.78, 5) is 0. The SMILES string of the molecule is O[C@H]1CCc2cc(OCc3cc(Br)ccc3F)ccc21. The molecular weight excluding hydrogens is 323 g/mol. The Bertz CT molecular complexity index is 642. The van der Waals surface area contributed by atoms with Gasteiger partial charge in [0.25, 0.3) is 0 Å². The zero-order valence-corrected chi connectivity index (χ0v) is 12.4. The molecule has 0 radical (unpaired) electrons. The van der Waals surface area contributed by atoms with Gasteiger partial charge >= 0.3 is 0 Å². The summed E-state index contributed by atoms with van der Waals surface area (Å²) in [7, 11) is 0. The molecule has 0 fully saturated rings. The standard InChI is InChI=1S/C16H14BrFO2/c17-12-2-5-15(18)11(7-12)9-20-13-3-4-14-10(8-13)1-6-16(14)19/h2-5,7-8,16,19H,1,6,9H2/t16-/m0/s1. The van der Waals surface area contributed by atoms with E-state index in [-0.39, 0.29) is 18.5 Å². The molecule has 0 unspecified atom stereocenters. The van der Waals surface area contributed by atoms with Gasteiger partial charge in [-0.2, -0.15) is 0 Å². The highest BCUT2D eigenvalue weighted by atomic mass is 79.9. The van der Waals surface area contributed by atoms with Crippen LogP contribution in [0.3, 0.4) is 0 Å². The molecule has 0 heterocycles. The molecule has 0 saturated heterocycles. The Morgan fingerprint density at radius 1 is 1.25 bits per heavy atom. The number of fused-ring (bicyclic) bond motifs is 1. The lowest BCUT2D eigenvalue weighted by Gasteiger charge is -2.10. The first-order valence-corrected chi connectivity index (χ1v) is 7.30. The minimum atomic E-state index is -0.360. The number of hydrogen-bond acceptors (Lipinski definition) is 2. The van der Waals surface area contributed by atoms with E-state index in [9.17, 15) is 9.50 Å². The highest BCUT2D eigenvalue weighted by Gasteiger charge is 2.20. The predicted molar refractivity (Wildman–Crippen MR) is 78.2 cm³/mol. The van der Waals surface area contributed by atoms with Crippen LogP contribution in [0.1, 0.15) is 29.2 Å². The first-order valence-electron chi connectivity index (χ1n) is 6.51. The van der Waals surface area contributed by atoms with Crippen molar-refractivity contribution in [2.45, 2.75) is 25.6 Å². The van der Waals surface area contributed by atoms with E-state index in [0.29, 0.717) is 11.3 Å². The fourth-order valence-electron chi connectivity index (χ4n) is 2.48. The average Bonchev–Trinajstić information content (AvgIpc) is 2.81. The lowest BCUT2D eigenvalue weighted by Crippen LogP contribution is -1.99. The molecule has 2 nitrogen and oxygen atoms in total. The molecule has 2 aromatic carbocycles. The van der Waals surface area contributed by atoms with Gasteiger partial charge in [0.1, 0.15) is 18.2 Å². The van der Waals surface area contributed by atoms with Gasteiger partial charge in [0.05, 0.1) is 6.10 Å². The summed E-state index contributed by atoms with van der Waals surface area (Å²) < 4.78 is 20.1. The minimum absolute atomic E-state index is 0.187. The van der Waals surface area contributed by atoms with Gasteiger partial charge in [0.15, 0.2) is 0 Å². The van der Waals surface area contributed by atoms with Crippen LogP contribution in [0.4, 0.5) is 4.39 Å². The lowest BCUT2D eigenvalue weighted by atomic mass is 10.1. The van der Waals surface area contributed by atoms with Crippen molar-refractivity contribution >= 4 is 15.9 Å². The number of halogens is 2. The smallest absolute Gasteiger partial charge is 0.129 e. The van der Waals surface area contributed by atoms with Crippen molar-refractivity contribution in [1.82, 2.24) is 0 Å². The highest BCUT2D eigenvalue weighted by Crippen LogP contribution is 2.33. The van der Waals surface area contributed by atoms with E-state index in [2.05, 4.69) is 15.9 Å². The molecule has 104 valence electrons. The molecule has 3 rings (SSSR count). The fourth-order valence-corrected chi connectivity index (χ4v) is 2.88. The molecule has 4 heteroatoms. The Hall–Kier alpha value is -1.39. The van der Waals surface area contributed by atoms with E-state index < -0.39 is 0 Å². The molecule has 2 aromatic rings. The fraction of sp³-hybridized carbons (Fsp3) is 0.250. The molecule has 1 N–H and O–H groups in total. The Kier molecular flexibility index (Phi) is 3.76. The van der Waals surface area contributed by atoms with Crippen molar-refractivity contribution in [2.75, 3.05) is 0 Å². The van der Waals surface area contributed by atoms with Crippen LogP contribution in [0.25, 0.3) is 0 Å². The summed E-state index contributed by atoms with van der Waals surface area (Å²) >= 11 is 3.32. The molecule has 0 bridgehead atoms. The van der Waals surface area contributed by atoms with Crippen LogP contribution in [0.5, 0.6) is 5.75 Å². The van der Waals surface area contributed by atoms with Crippen LogP contribution in [0.2, 0.25) is 0 Å². The Balaban J connectivity index is 1.74. The van der Waals surface area contributed by atoms with Crippen molar-refractivity contribution < 1.29 is 14.2 Å². The van der Waals surface area contributed by atoms with Crippen molar-refractivity contribution in [3.63, 3.8) is 0 Å². The molecule has 0 aliphatic heterocycles. The molecule has 0 aromatic heterocycles. The van der Waals surface area contributed by atoms with Crippen molar-refractivity contribution in [1.29, 1.82) is 0 Å². The van der Waals surface area contributed by atoms with E-state index in [1.165, 1.54) is 6.07 Å². The maximum absolute atomic E-state index is 13.6. The number of aryl methyl sites for hydroxylation is 1. The third-order valence-electron chi connectivity index (χ3n) is 3.56. The molecule has 1 atom stereocenters. The van der Waals surface area contributed by atoms with Gasteiger partial charge in [0.2, 0.25) is 0 Å². The van der Waals surface area contributed by atoms with E-state index >= 15 is 0 Å². The Morgan fingerprint density at radius 2 is 2.10 bits per heavy atom. The minimum Gasteiger partial charge on any atom is -0.489 e. The summed E-state index contributed by atoms with van der Waals surface area (Å²) in [6.07, 6.45) is 1.26. The zero-order chi connectivity index (χ0) is 14.1. The van der Waals surface area contributed by atoms with Gasteiger partial charge in [-0.1, -0.05) is 22.0 Å². The van der Waals surface area contributed by atoms with Crippen LogP contribution in [0, 0.1) is 5.82 Å². The second kappa shape index (κ2) is 5.54. The molecule has 20 heavy (non-hydrogen) atoms. The first-order chi connectivity index (χ1) is 9.63. The second-order valence-electron chi connectivity index (χ2n) is 4.94. The zero-order valence-electron chi connectivity index (χ0n) is 10.8. The van der Waals surface area contributed by atoms with Gasteiger partial charge < -0.3 is 9.84 Å². The van der Waals surface area contributed by atoms with Gasteiger partial charge in [-0.25, -0.2) is 4.39 Å². The first kappa shape index (κ1) is 13.6. The summed E-state index contributed by atoms with van der Waals surface area (Å²) in [5, 5.41) is 9.75. The largest absolute Gasteiger partial charge is 0.489 e. The number of aliphatic hydroxyl groups is 1. The quantitative estimate of drug-likeness (QED) is 0.912. The van der Waals surface area contributed by atoms with Crippen LogP contribution >= 0.6 is 15.9 Å². The third-order valence-corrected chi connectivity index (χ3v) is 4.06. The number of rotatable bonds is 3. The normalized spacial score (nSPS) is 17.1. The van der Waals surface area contributed by atoms with Crippen LogP contribution in [-0.4, -0.2) is 5.11 Å². The molecule has 0 amide bonds. The van der Waals surface area contributed by atoms with E-state index in [1.807, 2.05) is 18.2 Å². The summed E-state index contributed by atoms with van der Waals surface area (Å²) in [6.45, 7) is 0.187. The van der Waals surface area contributed by atoms with Crippen LogP contribution in [0.15, 0.2) is 40.9 Å². The van der Waals surface area contributed by atoms with Gasteiger partial charge in [-0.15, -0.1) is 0 Å². The number of hydrogen-bond donors (Lipinski definition) is 1. The molecule has 1 aliphatic carbocycles.